The first kappa shape index (κ1) is 26.0. The number of fused-ring (bicyclic) bond motifs is 1. The van der Waals surface area contributed by atoms with E-state index >= 15 is 0 Å². The van der Waals surface area contributed by atoms with Gasteiger partial charge in [-0.2, -0.15) is 0 Å². The molecular weight excluding hydrogens is 451 g/mol. The minimum absolute atomic E-state index is 0.921. The first-order valence-electron chi connectivity index (χ1n) is 13.6. The Bertz CT molecular complexity index is 1090. The molecule has 4 rings (SSSR count). The molecule has 2 aromatic heterocycles. The summed E-state index contributed by atoms with van der Waals surface area (Å²) in [7, 11) is -1.05. The summed E-state index contributed by atoms with van der Waals surface area (Å²) in [6, 6.07) is 6.94. The number of anilines is 1. The van der Waals surface area contributed by atoms with Crippen molar-refractivity contribution in [3.63, 3.8) is 0 Å². The van der Waals surface area contributed by atoms with Gasteiger partial charge in [-0.25, -0.2) is 4.98 Å². The van der Waals surface area contributed by atoms with Gasteiger partial charge in [-0.3, -0.25) is 0 Å². The van der Waals surface area contributed by atoms with E-state index in [9.17, 15) is 0 Å². The molecule has 1 aromatic carbocycles. The van der Waals surface area contributed by atoms with Crippen LogP contribution in [0.4, 0.5) is 5.82 Å². The van der Waals surface area contributed by atoms with Gasteiger partial charge in [0.1, 0.15) is 6.33 Å². The number of nitrogens with zero attached hydrogens (tertiary/aromatic N) is 6. The second-order valence-corrected chi connectivity index (χ2v) is 16.9. The Morgan fingerprint density at radius 2 is 1.80 bits per heavy atom. The van der Waals surface area contributed by atoms with E-state index in [4.69, 9.17) is 4.98 Å². The molecule has 0 spiro atoms. The van der Waals surface area contributed by atoms with Gasteiger partial charge in [-0.05, 0) is 6.42 Å². The van der Waals surface area contributed by atoms with Crippen LogP contribution in [-0.2, 0) is 25.9 Å². The van der Waals surface area contributed by atoms with Crippen LogP contribution >= 0.6 is 7.26 Å². The van der Waals surface area contributed by atoms with Gasteiger partial charge in [-0.15, -0.1) is 0 Å². The van der Waals surface area contributed by atoms with E-state index < -0.39 is 7.26 Å². The zero-order valence-corrected chi connectivity index (χ0v) is 23.6. The van der Waals surface area contributed by atoms with E-state index in [0.717, 1.165) is 63.4 Å². The predicted molar refractivity (Wildman–Crippen MR) is 153 cm³/mol. The van der Waals surface area contributed by atoms with Gasteiger partial charge in [0, 0.05) is 6.20 Å². The zero-order valence-electron chi connectivity index (χ0n) is 22.6. The zero-order chi connectivity index (χ0) is 24.8. The minimum atomic E-state index is -1.05. The van der Waals surface area contributed by atoms with Gasteiger partial charge in [0.2, 0.25) is 0 Å². The number of hydrogen-bond donors (Lipinski definition) is 0. The average molecular weight is 497 g/mol. The van der Waals surface area contributed by atoms with E-state index in [-0.39, 0.29) is 0 Å². The third-order valence-electron chi connectivity index (χ3n) is 7.20. The predicted octanol–water partition coefficient (Wildman–Crippen LogP) is 5.08. The Morgan fingerprint density at radius 3 is 2.51 bits per heavy atom. The summed E-state index contributed by atoms with van der Waals surface area (Å²) in [4.78, 5) is 18.9. The monoisotopic (exact) mass is 496 g/mol. The van der Waals surface area contributed by atoms with Crippen molar-refractivity contribution in [2.75, 3.05) is 57.2 Å². The molecule has 192 valence electrons. The molecule has 3 heterocycles. The number of piperazine rings is 1. The molecule has 6 nitrogen and oxygen atoms in total. The van der Waals surface area contributed by atoms with Crippen LogP contribution in [0.2, 0.25) is 0 Å². The third-order valence-corrected chi connectivity index (χ3v) is 9.05. The molecule has 0 unspecified atom stereocenters. The fourth-order valence-corrected chi connectivity index (χ4v) is 6.31. The van der Waals surface area contributed by atoms with Crippen molar-refractivity contribution in [1.29, 1.82) is 0 Å². The van der Waals surface area contributed by atoms with E-state index in [0.29, 0.717) is 0 Å². The molecule has 1 aliphatic heterocycles. The molecule has 0 radical (unpaired) electrons. The Balaban J connectivity index is 1.50. The van der Waals surface area contributed by atoms with Crippen LogP contribution in [0.1, 0.15) is 50.1 Å². The fourth-order valence-electron chi connectivity index (χ4n) is 5.10. The summed E-state index contributed by atoms with van der Waals surface area (Å²) in [5, 5.41) is 0. The summed E-state index contributed by atoms with van der Waals surface area (Å²) >= 11 is 0. The van der Waals surface area contributed by atoms with E-state index in [2.05, 4.69) is 76.4 Å². The quantitative estimate of drug-likeness (QED) is 0.347. The van der Waals surface area contributed by atoms with Gasteiger partial charge >= 0.3 is 182 Å². The second kappa shape index (κ2) is 11.8. The third kappa shape index (κ3) is 6.80. The van der Waals surface area contributed by atoms with Crippen LogP contribution in [0.5, 0.6) is 0 Å². The molecule has 3 aromatic rings. The summed E-state index contributed by atoms with van der Waals surface area (Å²) in [5.41, 5.74) is 5.17. The van der Waals surface area contributed by atoms with Crippen molar-refractivity contribution >= 4 is 24.1 Å². The van der Waals surface area contributed by atoms with Crippen LogP contribution in [0.15, 0.2) is 30.7 Å². The number of hydrogen-bond acceptors (Lipinski definition) is 5. The van der Waals surface area contributed by atoms with E-state index in [1.807, 2.05) is 6.20 Å². The Labute approximate surface area is 212 Å². The molecule has 0 atom stereocenters. The molecule has 1 aliphatic rings. The van der Waals surface area contributed by atoms with Crippen molar-refractivity contribution < 1.29 is 0 Å². The van der Waals surface area contributed by atoms with Crippen LogP contribution in [0, 0.1) is 0 Å². The summed E-state index contributed by atoms with van der Waals surface area (Å²) < 4.78 is 2.54. The first-order valence-corrected chi connectivity index (χ1v) is 17.3. The van der Waals surface area contributed by atoms with Gasteiger partial charge in [0.15, 0.2) is 0 Å². The van der Waals surface area contributed by atoms with Gasteiger partial charge in [0.05, 0.1) is 0 Å². The maximum absolute atomic E-state index is 5.15. The summed E-state index contributed by atoms with van der Waals surface area (Å²) in [6.45, 7) is 17.9. The molecule has 0 amide bonds. The van der Waals surface area contributed by atoms with Crippen LogP contribution in [0.25, 0.3) is 11.0 Å². The number of benzene rings is 1. The van der Waals surface area contributed by atoms with Gasteiger partial charge in [-0.1, -0.05) is 6.92 Å². The molecular formula is C28H45N6P. The Morgan fingerprint density at radius 1 is 1.00 bits per heavy atom. The summed E-state index contributed by atoms with van der Waals surface area (Å²) in [6.07, 6.45) is 10.9. The van der Waals surface area contributed by atoms with Crippen molar-refractivity contribution in [3.8, 4) is 0 Å². The molecule has 7 heteroatoms. The van der Waals surface area contributed by atoms with E-state index in [1.54, 1.807) is 6.33 Å². The number of imidazole rings is 1. The molecule has 0 bridgehead atoms. The molecule has 1 fully saturated rings. The standard InChI is InChI=1S/C28H45N6P/c1-6-8-10-23-11-12-25-26(19-23)34(13-9-18-35(3,4)5)27(31-25)21-32-14-16-33(17-15-32)28-24(7-2)20-29-22-30-28/h11-12,19-20,22,35H,6-10,13-18,21H2,1-5H3. The Hall–Kier alpha value is -2.04. The SMILES string of the molecule is CCCCc1ccc2nc(CN3CCN(c4ncncc4CC)CC3)n(CCC[PH](C)(C)C)c2c1. The first-order chi connectivity index (χ1) is 16.9. The fraction of sp³-hybridized carbons (Fsp3) is 0.607. The molecule has 35 heavy (non-hydrogen) atoms. The second-order valence-electron chi connectivity index (χ2n) is 11.3. The van der Waals surface area contributed by atoms with Crippen LogP contribution in [-0.4, -0.2) is 76.8 Å². The van der Waals surface area contributed by atoms with Gasteiger partial charge < -0.3 is 0 Å². The van der Waals surface area contributed by atoms with Gasteiger partial charge in [0.25, 0.3) is 0 Å². The van der Waals surface area contributed by atoms with Crippen molar-refractivity contribution in [3.05, 3.63) is 47.7 Å². The number of rotatable bonds is 11. The van der Waals surface area contributed by atoms with Crippen molar-refractivity contribution in [2.24, 2.45) is 0 Å². The molecule has 1 saturated heterocycles. The average Bonchev–Trinajstić information content (AvgIpc) is 3.18. The van der Waals surface area contributed by atoms with Crippen LogP contribution in [0.3, 0.4) is 0 Å². The Kier molecular flexibility index (Phi) is 8.77. The van der Waals surface area contributed by atoms with Crippen molar-refractivity contribution in [1.82, 2.24) is 24.4 Å². The maximum atomic E-state index is 5.15. The topological polar surface area (TPSA) is 50.1 Å². The summed E-state index contributed by atoms with van der Waals surface area (Å²) in [5.74, 6) is 2.34. The van der Waals surface area contributed by atoms with E-state index in [1.165, 1.54) is 47.9 Å². The number of aromatic nitrogens is 4. The normalized spacial score (nSPS) is 15.7. The molecule has 0 N–H and O–H groups in total. The van der Waals surface area contributed by atoms with Crippen molar-refractivity contribution in [2.45, 2.75) is 59.0 Å². The molecule has 0 saturated carbocycles. The number of unbranched alkanes of at least 4 members (excludes halogenated alkanes) is 1. The number of aryl methyl sites for hydroxylation is 3. The molecule has 0 aliphatic carbocycles. The van der Waals surface area contributed by atoms with Crippen LogP contribution < -0.4 is 4.90 Å².